The lowest BCUT2D eigenvalue weighted by Gasteiger charge is -2.20. The minimum Gasteiger partial charge on any atom is -0.459 e. The van der Waals surface area contributed by atoms with Crippen molar-refractivity contribution in [2.24, 2.45) is 0 Å². The number of carbonyl (C=O) groups excluding carboxylic acids is 1. The topological polar surface area (TPSA) is 76.2 Å². The van der Waals surface area contributed by atoms with E-state index >= 15 is 0 Å². The van der Waals surface area contributed by atoms with Gasteiger partial charge in [-0.15, -0.1) is 10.2 Å². The molecule has 3 aromatic rings. The van der Waals surface area contributed by atoms with Gasteiger partial charge in [0.25, 0.3) is 5.91 Å². The van der Waals surface area contributed by atoms with Gasteiger partial charge in [0.1, 0.15) is 11.6 Å². The predicted octanol–water partition coefficient (Wildman–Crippen LogP) is 3.03. The number of carbonyl (C=O) groups is 1. The molecule has 158 valence electrons. The average molecular weight is 408 g/mol. The van der Waals surface area contributed by atoms with E-state index in [0.29, 0.717) is 24.6 Å². The van der Waals surface area contributed by atoms with E-state index in [0.717, 1.165) is 44.2 Å². The molecule has 0 fully saturated rings. The van der Waals surface area contributed by atoms with Crippen LogP contribution in [0.3, 0.4) is 0 Å². The lowest BCUT2D eigenvalue weighted by Crippen LogP contribution is -2.28. The van der Waals surface area contributed by atoms with Crippen LogP contribution in [0.25, 0.3) is 0 Å². The first-order valence-corrected chi connectivity index (χ1v) is 10.6. The van der Waals surface area contributed by atoms with Gasteiger partial charge in [-0.25, -0.2) is 0 Å². The molecular formula is C23H29N5O2. The van der Waals surface area contributed by atoms with Gasteiger partial charge < -0.3 is 14.3 Å². The fourth-order valence-corrected chi connectivity index (χ4v) is 3.82. The maximum atomic E-state index is 12.0. The fourth-order valence-electron chi connectivity index (χ4n) is 3.82. The summed E-state index contributed by atoms with van der Waals surface area (Å²) in [6.07, 6.45) is 3.03. The summed E-state index contributed by atoms with van der Waals surface area (Å²) >= 11 is 0. The Kier molecular flexibility index (Phi) is 6.28. The van der Waals surface area contributed by atoms with Crippen molar-refractivity contribution in [3.05, 3.63) is 71.2 Å². The molecule has 0 bridgehead atoms. The number of aromatic nitrogens is 3. The van der Waals surface area contributed by atoms with Crippen LogP contribution in [0.5, 0.6) is 0 Å². The summed E-state index contributed by atoms with van der Waals surface area (Å²) in [6.45, 7) is 8.70. The van der Waals surface area contributed by atoms with Crippen molar-refractivity contribution < 1.29 is 9.21 Å². The molecule has 0 saturated heterocycles. The highest BCUT2D eigenvalue weighted by Crippen LogP contribution is 2.17. The molecule has 1 N–H and O–H groups in total. The highest BCUT2D eigenvalue weighted by molar-refractivity contribution is 5.91. The summed E-state index contributed by atoms with van der Waals surface area (Å²) in [5.74, 6) is 2.63. The molecule has 1 amide bonds. The standard InChI is InChI=1S/C23H29N5O2/c1-17(2)19-7-5-18(6-8-19)16-27-12-10-22-26-25-21(28(22)14-13-27)9-11-24-23(29)20-4-3-15-30-20/h3-8,15,17H,9-14,16H2,1-2H3,(H,24,29). The van der Waals surface area contributed by atoms with Crippen LogP contribution in [0.15, 0.2) is 47.1 Å². The molecule has 7 nitrogen and oxygen atoms in total. The molecule has 0 saturated carbocycles. The van der Waals surface area contributed by atoms with Crippen LogP contribution in [0.4, 0.5) is 0 Å². The van der Waals surface area contributed by atoms with E-state index in [1.54, 1.807) is 12.1 Å². The SMILES string of the molecule is CC(C)c1ccc(CN2CCc3nnc(CCNC(=O)c4ccco4)n3CC2)cc1. The smallest absolute Gasteiger partial charge is 0.286 e. The lowest BCUT2D eigenvalue weighted by molar-refractivity contribution is 0.0926. The van der Waals surface area contributed by atoms with E-state index in [-0.39, 0.29) is 5.91 Å². The maximum absolute atomic E-state index is 12.0. The van der Waals surface area contributed by atoms with E-state index in [4.69, 9.17) is 4.42 Å². The molecule has 1 aliphatic heterocycles. The number of nitrogens with zero attached hydrogens (tertiary/aromatic N) is 4. The first kappa shape index (κ1) is 20.3. The van der Waals surface area contributed by atoms with Gasteiger partial charge in [0, 0.05) is 45.6 Å². The van der Waals surface area contributed by atoms with Crippen LogP contribution >= 0.6 is 0 Å². The van der Waals surface area contributed by atoms with Crippen LogP contribution < -0.4 is 5.32 Å². The number of fused-ring (bicyclic) bond motifs is 1. The second-order valence-corrected chi connectivity index (χ2v) is 8.09. The predicted molar refractivity (Wildman–Crippen MR) is 114 cm³/mol. The van der Waals surface area contributed by atoms with Crippen LogP contribution in [0, 0.1) is 0 Å². The highest BCUT2D eigenvalue weighted by Gasteiger charge is 2.19. The molecule has 0 aliphatic carbocycles. The van der Waals surface area contributed by atoms with Crippen LogP contribution in [0.2, 0.25) is 0 Å². The van der Waals surface area contributed by atoms with Crippen LogP contribution in [0.1, 0.15) is 53.1 Å². The number of rotatable bonds is 7. The molecule has 0 spiro atoms. The Morgan fingerprint density at radius 2 is 1.97 bits per heavy atom. The van der Waals surface area contributed by atoms with Gasteiger partial charge in [-0.1, -0.05) is 38.1 Å². The Morgan fingerprint density at radius 3 is 2.70 bits per heavy atom. The minimum absolute atomic E-state index is 0.203. The van der Waals surface area contributed by atoms with E-state index in [2.05, 4.69) is 63.1 Å². The normalized spacial score (nSPS) is 14.5. The molecule has 30 heavy (non-hydrogen) atoms. The summed E-state index contributed by atoms with van der Waals surface area (Å²) in [6, 6.07) is 12.3. The molecule has 2 aromatic heterocycles. The van der Waals surface area contributed by atoms with E-state index in [9.17, 15) is 4.79 Å². The van der Waals surface area contributed by atoms with Crippen molar-refractivity contribution in [2.45, 2.75) is 45.7 Å². The number of benzene rings is 1. The van der Waals surface area contributed by atoms with Crippen molar-refractivity contribution in [1.82, 2.24) is 25.0 Å². The molecule has 1 aromatic carbocycles. The summed E-state index contributed by atoms with van der Waals surface area (Å²) in [5.41, 5.74) is 2.72. The summed E-state index contributed by atoms with van der Waals surface area (Å²) in [7, 11) is 0. The molecule has 7 heteroatoms. The van der Waals surface area contributed by atoms with Crippen molar-refractivity contribution >= 4 is 5.91 Å². The Hall–Kier alpha value is -2.93. The second-order valence-electron chi connectivity index (χ2n) is 8.09. The number of hydrogen-bond donors (Lipinski definition) is 1. The third-order valence-corrected chi connectivity index (χ3v) is 5.63. The van der Waals surface area contributed by atoms with Crippen LogP contribution in [-0.2, 0) is 25.9 Å². The quantitative estimate of drug-likeness (QED) is 0.652. The number of furan rings is 1. The van der Waals surface area contributed by atoms with Crippen molar-refractivity contribution in [3.8, 4) is 0 Å². The monoisotopic (exact) mass is 407 g/mol. The second kappa shape index (κ2) is 9.26. The van der Waals surface area contributed by atoms with Gasteiger partial charge in [-0.05, 0) is 29.2 Å². The van der Waals surface area contributed by atoms with Gasteiger partial charge in [0.15, 0.2) is 5.76 Å². The lowest BCUT2D eigenvalue weighted by atomic mass is 10.0. The Labute approximate surface area is 177 Å². The molecule has 3 heterocycles. The zero-order chi connectivity index (χ0) is 20.9. The summed E-state index contributed by atoms with van der Waals surface area (Å²) in [4.78, 5) is 14.5. The average Bonchev–Trinajstić information content (AvgIpc) is 3.37. The first-order valence-electron chi connectivity index (χ1n) is 10.6. The van der Waals surface area contributed by atoms with Gasteiger partial charge >= 0.3 is 0 Å². The van der Waals surface area contributed by atoms with Gasteiger partial charge in [0.2, 0.25) is 0 Å². The molecular weight excluding hydrogens is 378 g/mol. The zero-order valence-electron chi connectivity index (χ0n) is 17.7. The highest BCUT2D eigenvalue weighted by atomic mass is 16.3. The fraction of sp³-hybridized carbons (Fsp3) is 0.435. The summed E-state index contributed by atoms with van der Waals surface area (Å²) < 4.78 is 7.33. The Bertz CT molecular complexity index is 960. The third-order valence-electron chi connectivity index (χ3n) is 5.63. The molecule has 0 atom stereocenters. The van der Waals surface area contributed by atoms with Crippen molar-refractivity contribution in [1.29, 1.82) is 0 Å². The van der Waals surface area contributed by atoms with Gasteiger partial charge in [-0.2, -0.15) is 0 Å². The molecule has 0 unspecified atom stereocenters. The Balaban J connectivity index is 1.30. The largest absolute Gasteiger partial charge is 0.459 e. The van der Waals surface area contributed by atoms with Crippen molar-refractivity contribution in [2.75, 3.05) is 19.6 Å². The Morgan fingerprint density at radius 1 is 1.13 bits per heavy atom. The maximum Gasteiger partial charge on any atom is 0.286 e. The van der Waals surface area contributed by atoms with E-state index < -0.39 is 0 Å². The van der Waals surface area contributed by atoms with E-state index in [1.807, 2.05) is 0 Å². The number of hydrogen-bond acceptors (Lipinski definition) is 5. The number of amides is 1. The summed E-state index contributed by atoms with van der Waals surface area (Å²) in [5, 5.41) is 11.6. The molecule has 1 aliphatic rings. The molecule has 0 radical (unpaired) electrons. The van der Waals surface area contributed by atoms with Gasteiger partial charge in [-0.3, -0.25) is 9.69 Å². The number of nitrogens with one attached hydrogen (secondary N) is 1. The van der Waals surface area contributed by atoms with Crippen molar-refractivity contribution in [3.63, 3.8) is 0 Å². The zero-order valence-corrected chi connectivity index (χ0v) is 17.7. The minimum atomic E-state index is -0.203. The third kappa shape index (κ3) is 4.79. The first-order chi connectivity index (χ1) is 14.6. The molecule has 4 rings (SSSR count). The van der Waals surface area contributed by atoms with Gasteiger partial charge in [0.05, 0.1) is 6.26 Å². The van der Waals surface area contributed by atoms with Crippen LogP contribution in [-0.4, -0.2) is 45.2 Å². The van der Waals surface area contributed by atoms with E-state index in [1.165, 1.54) is 17.4 Å².